The molecule has 2 aromatic rings. The van der Waals surface area contributed by atoms with Gasteiger partial charge in [-0.15, -0.1) is 0 Å². The summed E-state index contributed by atoms with van der Waals surface area (Å²) >= 11 is 0. The van der Waals surface area contributed by atoms with Crippen molar-refractivity contribution in [2.75, 3.05) is 19.7 Å². The number of H-pyrrole nitrogens is 1. The average Bonchev–Trinajstić information content (AvgIpc) is 2.56. The van der Waals surface area contributed by atoms with E-state index in [1.54, 1.807) is 0 Å². The zero-order chi connectivity index (χ0) is 18.8. The lowest BCUT2D eigenvalue weighted by Crippen LogP contribution is -3.14. The third-order valence-electron chi connectivity index (χ3n) is 4.91. The van der Waals surface area contributed by atoms with Crippen LogP contribution in [0.4, 0.5) is 0 Å². The minimum absolute atomic E-state index is 0.116. The van der Waals surface area contributed by atoms with Gasteiger partial charge in [-0.25, -0.2) is 0 Å². The number of aromatic nitrogens is 1. The summed E-state index contributed by atoms with van der Waals surface area (Å²) in [6.45, 7) is 13.7. The predicted octanol–water partition coefficient (Wildman–Crippen LogP) is 2.06. The standard InChI is InChI=1S/C21H30N2O3/c1-13(2)12-25-17-6-7-20-18(8-17)21(24)19(16(5)22-20)11-23-9-14(3)26-15(4)10-23/h6-8,13-15H,9-12H2,1-5H3,(H,22,24)/p+1/t14-,15-/m0/s1. The first-order valence-corrected chi connectivity index (χ1v) is 9.60. The summed E-state index contributed by atoms with van der Waals surface area (Å²) in [5.74, 6) is 1.21. The topological polar surface area (TPSA) is 55.8 Å². The van der Waals surface area contributed by atoms with Crippen molar-refractivity contribution in [1.29, 1.82) is 0 Å². The van der Waals surface area contributed by atoms with Crippen LogP contribution >= 0.6 is 0 Å². The highest BCUT2D eigenvalue weighted by Gasteiger charge is 2.27. The summed E-state index contributed by atoms with van der Waals surface area (Å²) in [7, 11) is 0. The van der Waals surface area contributed by atoms with E-state index in [2.05, 4.69) is 32.7 Å². The fraction of sp³-hybridized carbons (Fsp3) is 0.571. The molecule has 1 aromatic heterocycles. The van der Waals surface area contributed by atoms with Gasteiger partial charge in [0.15, 0.2) is 5.43 Å². The van der Waals surface area contributed by atoms with Crippen LogP contribution in [0.2, 0.25) is 0 Å². The number of fused-ring (bicyclic) bond motifs is 1. The lowest BCUT2D eigenvalue weighted by molar-refractivity contribution is -0.928. The van der Waals surface area contributed by atoms with Gasteiger partial charge in [-0.2, -0.15) is 0 Å². The molecule has 142 valence electrons. The van der Waals surface area contributed by atoms with E-state index in [0.717, 1.165) is 42.2 Å². The molecule has 0 aliphatic carbocycles. The minimum atomic E-state index is 0.116. The first kappa shape index (κ1) is 18.9. The van der Waals surface area contributed by atoms with Crippen LogP contribution in [0.3, 0.4) is 0 Å². The van der Waals surface area contributed by atoms with E-state index in [0.29, 0.717) is 17.9 Å². The summed E-state index contributed by atoms with van der Waals surface area (Å²) < 4.78 is 11.6. The number of ether oxygens (including phenoxy) is 2. The molecule has 1 aromatic carbocycles. The quantitative estimate of drug-likeness (QED) is 0.859. The van der Waals surface area contributed by atoms with E-state index in [1.807, 2.05) is 25.1 Å². The van der Waals surface area contributed by atoms with Gasteiger partial charge in [-0.3, -0.25) is 4.79 Å². The van der Waals surface area contributed by atoms with Crippen LogP contribution in [0, 0.1) is 12.8 Å². The Kier molecular flexibility index (Phi) is 5.68. The molecule has 1 fully saturated rings. The number of hydrogen-bond acceptors (Lipinski definition) is 3. The smallest absolute Gasteiger partial charge is 0.198 e. The molecule has 0 radical (unpaired) electrons. The molecule has 0 spiro atoms. The number of aryl methyl sites for hydroxylation is 1. The highest BCUT2D eigenvalue weighted by atomic mass is 16.5. The third-order valence-corrected chi connectivity index (χ3v) is 4.91. The number of benzene rings is 1. The Morgan fingerprint density at radius 1 is 1.27 bits per heavy atom. The van der Waals surface area contributed by atoms with Crippen molar-refractivity contribution in [3.8, 4) is 5.75 Å². The maximum absolute atomic E-state index is 13.2. The molecule has 1 aliphatic rings. The highest BCUT2D eigenvalue weighted by molar-refractivity contribution is 5.81. The Hall–Kier alpha value is -1.85. The second-order valence-corrected chi connectivity index (χ2v) is 8.06. The SMILES string of the molecule is Cc1[nH]c2ccc(OCC(C)C)cc2c(=O)c1C[NH+]1C[C@H](C)O[C@@H](C)C1. The van der Waals surface area contributed by atoms with Crippen molar-refractivity contribution in [3.63, 3.8) is 0 Å². The van der Waals surface area contributed by atoms with E-state index < -0.39 is 0 Å². The van der Waals surface area contributed by atoms with E-state index >= 15 is 0 Å². The molecular formula is C21H31N2O3+. The van der Waals surface area contributed by atoms with Crippen LogP contribution in [0.1, 0.15) is 39.0 Å². The Labute approximate surface area is 155 Å². The van der Waals surface area contributed by atoms with Crippen molar-refractivity contribution in [2.45, 2.75) is 53.4 Å². The van der Waals surface area contributed by atoms with Gasteiger partial charge in [0.1, 0.15) is 37.6 Å². The zero-order valence-corrected chi connectivity index (χ0v) is 16.5. The fourth-order valence-corrected chi connectivity index (χ4v) is 3.78. The summed E-state index contributed by atoms with van der Waals surface area (Å²) in [5, 5.41) is 0.709. The summed E-state index contributed by atoms with van der Waals surface area (Å²) in [5.41, 5.74) is 2.81. The van der Waals surface area contributed by atoms with Gasteiger partial charge in [-0.05, 0) is 44.9 Å². The highest BCUT2D eigenvalue weighted by Crippen LogP contribution is 2.19. The van der Waals surface area contributed by atoms with Crippen LogP contribution in [-0.4, -0.2) is 36.9 Å². The molecular weight excluding hydrogens is 328 g/mol. The monoisotopic (exact) mass is 359 g/mol. The minimum Gasteiger partial charge on any atom is -0.493 e. The molecule has 3 rings (SSSR count). The van der Waals surface area contributed by atoms with Gasteiger partial charge in [0.05, 0.1) is 12.2 Å². The molecule has 26 heavy (non-hydrogen) atoms. The molecule has 2 atom stereocenters. The van der Waals surface area contributed by atoms with Crippen LogP contribution in [-0.2, 0) is 11.3 Å². The van der Waals surface area contributed by atoms with Gasteiger partial charge < -0.3 is 19.4 Å². The van der Waals surface area contributed by atoms with Crippen molar-refractivity contribution < 1.29 is 14.4 Å². The van der Waals surface area contributed by atoms with E-state index in [-0.39, 0.29) is 17.6 Å². The zero-order valence-electron chi connectivity index (χ0n) is 16.5. The number of rotatable bonds is 5. The first-order valence-electron chi connectivity index (χ1n) is 9.60. The second-order valence-electron chi connectivity index (χ2n) is 8.06. The van der Waals surface area contributed by atoms with Crippen LogP contribution in [0.15, 0.2) is 23.0 Å². The first-order chi connectivity index (χ1) is 12.3. The summed E-state index contributed by atoms with van der Waals surface area (Å²) in [4.78, 5) is 18.0. The molecule has 5 heteroatoms. The molecule has 0 bridgehead atoms. The average molecular weight is 359 g/mol. The number of quaternary nitrogens is 1. The van der Waals surface area contributed by atoms with Crippen LogP contribution < -0.4 is 15.1 Å². The number of hydrogen-bond donors (Lipinski definition) is 2. The van der Waals surface area contributed by atoms with Crippen molar-refractivity contribution in [1.82, 2.24) is 4.98 Å². The number of morpholine rings is 1. The number of aromatic amines is 1. The Balaban J connectivity index is 1.91. The van der Waals surface area contributed by atoms with Crippen molar-refractivity contribution in [2.24, 2.45) is 5.92 Å². The molecule has 1 aliphatic heterocycles. The molecule has 2 heterocycles. The Morgan fingerprint density at radius 3 is 2.62 bits per heavy atom. The molecule has 0 unspecified atom stereocenters. The predicted molar refractivity (Wildman–Crippen MR) is 104 cm³/mol. The Morgan fingerprint density at radius 2 is 1.96 bits per heavy atom. The molecule has 0 amide bonds. The van der Waals surface area contributed by atoms with Gasteiger partial charge in [-0.1, -0.05) is 13.8 Å². The van der Waals surface area contributed by atoms with Gasteiger partial charge >= 0.3 is 0 Å². The maximum Gasteiger partial charge on any atom is 0.198 e. The number of pyridine rings is 1. The molecule has 0 saturated carbocycles. The van der Waals surface area contributed by atoms with Crippen molar-refractivity contribution in [3.05, 3.63) is 39.7 Å². The van der Waals surface area contributed by atoms with Crippen molar-refractivity contribution >= 4 is 10.9 Å². The lowest BCUT2D eigenvalue weighted by atomic mass is 10.1. The second kappa shape index (κ2) is 7.80. The normalized spacial score (nSPS) is 23.5. The van der Waals surface area contributed by atoms with E-state index in [4.69, 9.17) is 9.47 Å². The fourth-order valence-electron chi connectivity index (χ4n) is 3.78. The summed E-state index contributed by atoms with van der Waals surface area (Å²) in [6.07, 6.45) is 0.453. The molecule has 1 saturated heterocycles. The van der Waals surface area contributed by atoms with Gasteiger partial charge in [0.2, 0.25) is 0 Å². The number of nitrogens with one attached hydrogen (secondary N) is 2. The van der Waals surface area contributed by atoms with E-state index in [1.165, 1.54) is 4.90 Å². The molecule has 5 nitrogen and oxygen atoms in total. The molecule has 2 N–H and O–H groups in total. The maximum atomic E-state index is 13.2. The van der Waals surface area contributed by atoms with Crippen LogP contribution in [0.5, 0.6) is 5.75 Å². The van der Waals surface area contributed by atoms with Gasteiger partial charge in [0.25, 0.3) is 0 Å². The third kappa shape index (κ3) is 4.27. The summed E-state index contributed by atoms with van der Waals surface area (Å²) in [6, 6.07) is 5.74. The van der Waals surface area contributed by atoms with Crippen LogP contribution in [0.25, 0.3) is 10.9 Å². The largest absolute Gasteiger partial charge is 0.493 e. The lowest BCUT2D eigenvalue weighted by Gasteiger charge is -2.32. The Bertz CT molecular complexity index is 818. The van der Waals surface area contributed by atoms with E-state index in [9.17, 15) is 4.79 Å². The van der Waals surface area contributed by atoms with Gasteiger partial charge in [0, 0.05) is 16.6 Å².